The summed E-state index contributed by atoms with van der Waals surface area (Å²) in [5.41, 5.74) is 0. The molecule has 0 aliphatic heterocycles. The number of ether oxygens (including phenoxy) is 2. The van der Waals surface area contributed by atoms with E-state index >= 15 is 0 Å². The molecule has 0 rings (SSSR count). The summed E-state index contributed by atoms with van der Waals surface area (Å²) in [6.45, 7) is 5.63. The lowest BCUT2D eigenvalue weighted by atomic mass is 10.0. The quantitative estimate of drug-likeness (QED) is 0.539. The maximum absolute atomic E-state index is 11.0. The third kappa shape index (κ3) is 8.63. The van der Waals surface area contributed by atoms with Gasteiger partial charge in [0.2, 0.25) is 0 Å². The average Bonchev–Trinajstić information content (AvgIpc) is 2.37. The molecule has 0 aromatic rings. The van der Waals surface area contributed by atoms with Gasteiger partial charge in [-0.3, -0.25) is 0 Å². The highest BCUT2D eigenvalue weighted by Gasteiger charge is 2.23. The summed E-state index contributed by atoms with van der Waals surface area (Å²) in [6, 6.07) is 0. The molecule has 0 saturated carbocycles. The van der Waals surface area contributed by atoms with Crippen molar-refractivity contribution in [1.82, 2.24) is 0 Å². The largest absolute Gasteiger partial charge is 0.697 e. The van der Waals surface area contributed by atoms with Crippen LogP contribution in [0.15, 0.2) is 0 Å². The lowest BCUT2D eigenvalue weighted by molar-refractivity contribution is 0.0307. The van der Waals surface area contributed by atoms with Crippen LogP contribution >= 0.6 is 8.25 Å². The smallest absolute Gasteiger partial charge is 0.381 e. The van der Waals surface area contributed by atoms with Crippen LogP contribution in [-0.4, -0.2) is 40.1 Å². The van der Waals surface area contributed by atoms with Crippen LogP contribution in [0, 0.1) is 5.92 Å². The van der Waals surface area contributed by atoms with Crippen molar-refractivity contribution in [2.24, 2.45) is 5.92 Å². The maximum atomic E-state index is 11.0. The van der Waals surface area contributed by atoms with E-state index in [1.54, 1.807) is 7.11 Å². The molecule has 0 aromatic carbocycles. The highest BCUT2D eigenvalue weighted by Crippen LogP contribution is 2.24. The van der Waals surface area contributed by atoms with E-state index in [0.29, 0.717) is 19.8 Å². The third-order valence-electron chi connectivity index (χ3n) is 2.51. The first-order chi connectivity index (χ1) is 8.17. The number of rotatable bonds is 11. The van der Waals surface area contributed by atoms with Crippen LogP contribution < -0.4 is 0 Å². The molecular formula is C11H24O5P+. The molecule has 0 fully saturated rings. The van der Waals surface area contributed by atoms with Crippen LogP contribution in [0.25, 0.3) is 0 Å². The highest BCUT2D eigenvalue weighted by atomic mass is 31.1. The standard InChI is InChI=1S/C11H24O5P/c1-5-11(13-3)7-10(8-15-6-2)9-16-17(12)14-4/h10-11H,5-9H2,1-4H3/q+1/t10?,11-/m1/s1. The van der Waals surface area contributed by atoms with Gasteiger partial charge in [-0.05, 0) is 19.8 Å². The number of methoxy groups -OCH3 is 1. The van der Waals surface area contributed by atoms with Crippen LogP contribution in [0.5, 0.6) is 0 Å². The molecule has 6 heteroatoms. The molecule has 0 aliphatic rings. The molecule has 5 nitrogen and oxygen atoms in total. The van der Waals surface area contributed by atoms with Gasteiger partial charge in [0.1, 0.15) is 6.61 Å². The van der Waals surface area contributed by atoms with Gasteiger partial charge in [0.15, 0.2) is 0 Å². The Morgan fingerprint density at radius 2 is 1.88 bits per heavy atom. The summed E-state index contributed by atoms with van der Waals surface area (Å²) in [7, 11) is 1.05. The summed E-state index contributed by atoms with van der Waals surface area (Å²) >= 11 is 0. The second kappa shape index (κ2) is 11.1. The second-order valence-corrected chi connectivity index (χ2v) is 4.80. The molecule has 0 bridgehead atoms. The first-order valence-corrected chi connectivity index (χ1v) is 7.02. The highest BCUT2D eigenvalue weighted by molar-refractivity contribution is 7.33. The molecule has 3 atom stereocenters. The van der Waals surface area contributed by atoms with E-state index in [1.165, 1.54) is 7.11 Å². The topological polar surface area (TPSA) is 54.0 Å². The van der Waals surface area contributed by atoms with Crippen molar-refractivity contribution in [3.8, 4) is 0 Å². The van der Waals surface area contributed by atoms with Crippen molar-refractivity contribution in [2.75, 3.05) is 34.0 Å². The minimum absolute atomic E-state index is 0.175. The van der Waals surface area contributed by atoms with Crippen molar-refractivity contribution in [3.05, 3.63) is 0 Å². The van der Waals surface area contributed by atoms with Gasteiger partial charge in [0.25, 0.3) is 0 Å². The fraction of sp³-hybridized carbons (Fsp3) is 1.00. The summed E-state index contributed by atoms with van der Waals surface area (Å²) in [6.07, 6.45) is 1.96. The summed E-state index contributed by atoms with van der Waals surface area (Å²) in [4.78, 5) is 0. The lowest BCUT2D eigenvalue weighted by Crippen LogP contribution is -2.22. The predicted molar refractivity (Wildman–Crippen MR) is 66.3 cm³/mol. The molecule has 0 saturated heterocycles. The molecule has 0 N–H and O–H groups in total. The van der Waals surface area contributed by atoms with Gasteiger partial charge in [0.05, 0.1) is 19.8 Å². The van der Waals surface area contributed by atoms with E-state index < -0.39 is 8.25 Å². The Kier molecular flexibility index (Phi) is 11.0. The Labute approximate surface area is 105 Å². The molecule has 0 heterocycles. The Hall–Kier alpha value is -0.0600. The summed E-state index contributed by atoms with van der Waals surface area (Å²) in [5, 5.41) is 0. The van der Waals surface area contributed by atoms with Crippen LogP contribution in [-0.2, 0) is 23.1 Å². The first kappa shape index (κ1) is 16.9. The van der Waals surface area contributed by atoms with Gasteiger partial charge in [-0.25, -0.2) is 0 Å². The minimum Gasteiger partial charge on any atom is -0.381 e. The van der Waals surface area contributed by atoms with E-state index in [4.69, 9.17) is 14.0 Å². The van der Waals surface area contributed by atoms with Crippen LogP contribution in [0.3, 0.4) is 0 Å². The summed E-state index contributed by atoms with van der Waals surface area (Å²) in [5.74, 6) is 0.175. The van der Waals surface area contributed by atoms with Crippen LogP contribution in [0.1, 0.15) is 26.7 Å². The van der Waals surface area contributed by atoms with Gasteiger partial charge in [-0.1, -0.05) is 6.92 Å². The average molecular weight is 267 g/mol. The number of hydrogen-bond acceptors (Lipinski definition) is 5. The second-order valence-electron chi connectivity index (χ2n) is 3.73. The van der Waals surface area contributed by atoms with Crippen molar-refractivity contribution >= 4 is 8.25 Å². The molecule has 102 valence electrons. The minimum atomic E-state index is -2.01. The predicted octanol–water partition coefficient (Wildman–Crippen LogP) is 2.77. The van der Waals surface area contributed by atoms with Crippen molar-refractivity contribution in [1.29, 1.82) is 0 Å². The fourth-order valence-corrected chi connectivity index (χ4v) is 1.93. The Balaban J connectivity index is 4.07. The van der Waals surface area contributed by atoms with Gasteiger partial charge < -0.3 is 9.47 Å². The van der Waals surface area contributed by atoms with E-state index in [2.05, 4.69) is 11.4 Å². The Bertz CT molecular complexity index is 196. The third-order valence-corrected chi connectivity index (χ3v) is 3.17. The van der Waals surface area contributed by atoms with Gasteiger partial charge in [-0.2, -0.15) is 0 Å². The zero-order valence-corrected chi connectivity index (χ0v) is 12.1. The first-order valence-electron chi connectivity index (χ1n) is 5.92. The lowest BCUT2D eigenvalue weighted by Gasteiger charge is -2.19. The normalized spacial score (nSPS) is 15.6. The zero-order chi connectivity index (χ0) is 13.1. The van der Waals surface area contributed by atoms with Crippen LogP contribution in [0.2, 0.25) is 0 Å². The molecule has 17 heavy (non-hydrogen) atoms. The van der Waals surface area contributed by atoms with E-state index in [9.17, 15) is 4.57 Å². The molecule has 0 spiro atoms. The Morgan fingerprint density at radius 3 is 2.35 bits per heavy atom. The monoisotopic (exact) mass is 267 g/mol. The maximum Gasteiger partial charge on any atom is 0.697 e. The van der Waals surface area contributed by atoms with Crippen molar-refractivity contribution in [3.63, 3.8) is 0 Å². The molecular weight excluding hydrogens is 243 g/mol. The molecule has 0 amide bonds. The molecule has 0 radical (unpaired) electrons. The molecule has 2 unspecified atom stereocenters. The van der Waals surface area contributed by atoms with Crippen LogP contribution in [0.4, 0.5) is 0 Å². The van der Waals surface area contributed by atoms with E-state index in [1.807, 2.05) is 6.92 Å². The van der Waals surface area contributed by atoms with Gasteiger partial charge in [0, 0.05) is 24.2 Å². The van der Waals surface area contributed by atoms with E-state index in [-0.39, 0.29) is 12.0 Å². The summed E-state index contributed by atoms with van der Waals surface area (Å²) < 4.78 is 31.4. The van der Waals surface area contributed by atoms with Gasteiger partial charge >= 0.3 is 8.25 Å². The zero-order valence-electron chi connectivity index (χ0n) is 11.2. The van der Waals surface area contributed by atoms with Crippen molar-refractivity contribution in [2.45, 2.75) is 32.8 Å². The number of hydrogen-bond donors (Lipinski definition) is 0. The molecule has 0 aromatic heterocycles. The molecule has 0 aliphatic carbocycles. The Morgan fingerprint density at radius 1 is 1.18 bits per heavy atom. The fourth-order valence-electron chi connectivity index (χ4n) is 1.49. The van der Waals surface area contributed by atoms with Crippen molar-refractivity contribution < 1.29 is 23.1 Å². The SMILES string of the molecule is CCOCC(CO[P+](=O)OC)C[C@@H](CC)OC. The van der Waals surface area contributed by atoms with Gasteiger partial charge in [-0.15, -0.1) is 9.05 Å². The van der Waals surface area contributed by atoms with E-state index in [0.717, 1.165) is 12.8 Å².